The van der Waals surface area contributed by atoms with Gasteiger partial charge in [-0.3, -0.25) is 9.59 Å². The second kappa shape index (κ2) is 10.1. The number of ether oxygens (including phenoxy) is 1. The first kappa shape index (κ1) is 19.4. The zero-order valence-electron chi connectivity index (χ0n) is 14.7. The van der Waals surface area contributed by atoms with Crippen LogP contribution in [-0.2, 0) is 20.7 Å². The van der Waals surface area contributed by atoms with Gasteiger partial charge in [-0.25, -0.2) is 4.39 Å². The summed E-state index contributed by atoms with van der Waals surface area (Å²) in [5.41, 5.74) is 0.998. The van der Waals surface area contributed by atoms with Gasteiger partial charge in [0.1, 0.15) is 5.82 Å². The predicted molar refractivity (Wildman–Crippen MR) is 93.4 cm³/mol. The van der Waals surface area contributed by atoms with Crippen molar-refractivity contribution in [1.29, 1.82) is 0 Å². The first-order valence-electron chi connectivity index (χ1n) is 8.89. The van der Waals surface area contributed by atoms with Crippen LogP contribution in [-0.4, -0.2) is 38.6 Å². The molecule has 1 saturated carbocycles. The Bertz CT molecular complexity index is 554. The summed E-state index contributed by atoms with van der Waals surface area (Å²) in [5.74, 6) is -0.153. The molecular weight excluding hydrogens is 323 g/mol. The fraction of sp³-hybridized carbons (Fsp3) is 0.579. The fourth-order valence-electron chi connectivity index (χ4n) is 3.16. The number of carbonyl (C=O) groups excluding carboxylic acids is 2. The van der Waals surface area contributed by atoms with Gasteiger partial charge < -0.3 is 15.4 Å². The lowest BCUT2D eigenvalue weighted by molar-refractivity contribution is -0.130. The Morgan fingerprint density at radius 2 is 1.52 bits per heavy atom. The maximum Gasteiger partial charge on any atom is 0.223 e. The van der Waals surface area contributed by atoms with Crippen LogP contribution in [0.3, 0.4) is 0 Å². The van der Waals surface area contributed by atoms with Crippen molar-refractivity contribution in [2.24, 2.45) is 11.8 Å². The molecule has 1 aromatic carbocycles. The van der Waals surface area contributed by atoms with Crippen LogP contribution < -0.4 is 10.6 Å². The number of hydrogen-bond acceptors (Lipinski definition) is 3. The lowest BCUT2D eigenvalue weighted by atomic mass is 9.81. The topological polar surface area (TPSA) is 67.4 Å². The summed E-state index contributed by atoms with van der Waals surface area (Å²) in [7, 11) is 1.60. The summed E-state index contributed by atoms with van der Waals surface area (Å²) in [6.07, 6.45) is 3.66. The van der Waals surface area contributed by atoms with Crippen LogP contribution >= 0.6 is 0 Å². The van der Waals surface area contributed by atoms with Gasteiger partial charge in [0.15, 0.2) is 0 Å². The maximum atomic E-state index is 12.9. The van der Waals surface area contributed by atoms with Crippen molar-refractivity contribution < 1.29 is 18.7 Å². The molecule has 25 heavy (non-hydrogen) atoms. The number of benzene rings is 1. The average Bonchev–Trinajstić information content (AvgIpc) is 2.63. The minimum atomic E-state index is -0.254. The number of hydrogen-bond donors (Lipinski definition) is 2. The van der Waals surface area contributed by atoms with Crippen LogP contribution in [0.5, 0.6) is 0 Å². The first-order valence-corrected chi connectivity index (χ1v) is 8.89. The van der Waals surface area contributed by atoms with E-state index in [4.69, 9.17) is 4.74 Å². The Kier molecular flexibility index (Phi) is 7.85. The minimum Gasteiger partial charge on any atom is -0.383 e. The summed E-state index contributed by atoms with van der Waals surface area (Å²) in [4.78, 5) is 24.3. The number of carbonyl (C=O) groups is 2. The zero-order valence-corrected chi connectivity index (χ0v) is 14.7. The van der Waals surface area contributed by atoms with E-state index in [1.807, 2.05) is 0 Å². The molecule has 1 fully saturated rings. The van der Waals surface area contributed by atoms with E-state index in [2.05, 4.69) is 10.6 Å². The molecule has 138 valence electrons. The van der Waals surface area contributed by atoms with E-state index >= 15 is 0 Å². The highest BCUT2D eigenvalue weighted by atomic mass is 19.1. The molecule has 0 atom stereocenters. The van der Waals surface area contributed by atoms with E-state index in [1.54, 1.807) is 19.2 Å². The van der Waals surface area contributed by atoms with Crippen LogP contribution in [0.15, 0.2) is 24.3 Å². The van der Waals surface area contributed by atoms with E-state index in [1.165, 1.54) is 12.1 Å². The van der Waals surface area contributed by atoms with Crippen LogP contribution in [0.1, 0.15) is 31.2 Å². The van der Waals surface area contributed by atoms with Gasteiger partial charge in [-0.05, 0) is 49.8 Å². The van der Waals surface area contributed by atoms with Crippen molar-refractivity contribution in [2.75, 3.05) is 26.8 Å². The molecule has 0 unspecified atom stereocenters. The van der Waals surface area contributed by atoms with Crippen molar-refractivity contribution in [3.05, 3.63) is 35.6 Å². The van der Waals surface area contributed by atoms with Gasteiger partial charge in [-0.15, -0.1) is 0 Å². The molecule has 2 N–H and O–H groups in total. The third kappa shape index (κ3) is 6.46. The lowest BCUT2D eigenvalue weighted by Crippen LogP contribution is -2.38. The number of methoxy groups -OCH3 is 1. The highest BCUT2D eigenvalue weighted by molar-refractivity contribution is 5.81. The van der Waals surface area contributed by atoms with Crippen LogP contribution in [0.4, 0.5) is 4.39 Å². The summed E-state index contributed by atoms with van der Waals surface area (Å²) < 4.78 is 17.8. The van der Waals surface area contributed by atoms with Gasteiger partial charge in [0.05, 0.1) is 6.61 Å². The van der Waals surface area contributed by atoms with Crippen molar-refractivity contribution >= 4 is 11.8 Å². The van der Waals surface area contributed by atoms with Gasteiger partial charge in [0, 0.05) is 32.0 Å². The van der Waals surface area contributed by atoms with Gasteiger partial charge in [0.2, 0.25) is 11.8 Å². The molecule has 0 radical (unpaired) electrons. The molecule has 0 bridgehead atoms. The molecule has 2 amide bonds. The molecule has 6 heteroatoms. The Hall–Kier alpha value is -1.95. The van der Waals surface area contributed by atoms with Gasteiger partial charge >= 0.3 is 0 Å². The van der Waals surface area contributed by atoms with E-state index < -0.39 is 0 Å². The molecular formula is C19H27FN2O3. The second-order valence-corrected chi connectivity index (χ2v) is 6.50. The van der Waals surface area contributed by atoms with Crippen molar-refractivity contribution in [1.82, 2.24) is 10.6 Å². The molecule has 1 aromatic rings. The molecule has 0 heterocycles. The molecule has 0 aromatic heterocycles. The normalized spacial score (nSPS) is 20.1. The summed E-state index contributed by atoms with van der Waals surface area (Å²) >= 11 is 0. The molecule has 0 spiro atoms. The third-order valence-corrected chi connectivity index (χ3v) is 4.70. The average molecular weight is 350 g/mol. The quantitative estimate of drug-likeness (QED) is 0.705. The SMILES string of the molecule is COCCNC(=O)C1CCC(C(=O)NCCc2ccc(F)cc2)CC1. The molecule has 0 saturated heterocycles. The number of halogens is 1. The molecule has 1 aliphatic carbocycles. The Morgan fingerprint density at radius 3 is 2.04 bits per heavy atom. The van der Waals surface area contributed by atoms with Gasteiger partial charge in [-0.2, -0.15) is 0 Å². The standard InChI is InChI=1S/C19H27FN2O3/c1-25-13-12-22-19(24)16-6-4-15(5-7-16)18(23)21-11-10-14-2-8-17(20)9-3-14/h2-3,8-9,15-16H,4-7,10-13H2,1H3,(H,21,23)(H,22,24). The highest BCUT2D eigenvalue weighted by Crippen LogP contribution is 2.29. The summed E-state index contributed by atoms with van der Waals surface area (Å²) in [6.45, 7) is 1.58. The zero-order chi connectivity index (χ0) is 18.1. The monoisotopic (exact) mass is 350 g/mol. The Morgan fingerprint density at radius 1 is 1.00 bits per heavy atom. The van der Waals surface area contributed by atoms with Crippen molar-refractivity contribution in [3.8, 4) is 0 Å². The van der Waals surface area contributed by atoms with Gasteiger partial charge in [0.25, 0.3) is 0 Å². The van der Waals surface area contributed by atoms with Crippen molar-refractivity contribution in [3.63, 3.8) is 0 Å². The number of rotatable bonds is 8. The van der Waals surface area contributed by atoms with E-state index in [-0.39, 0.29) is 29.5 Å². The van der Waals surface area contributed by atoms with Crippen molar-refractivity contribution in [2.45, 2.75) is 32.1 Å². The summed E-state index contributed by atoms with van der Waals surface area (Å²) in [5, 5.41) is 5.81. The number of nitrogens with one attached hydrogen (secondary N) is 2. The largest absolute Gasteiger partial charge is 0.383 e. The van der Waals surface area contributed by atoms with E-state index in [0.29, 0.717) is 26.1 Å². The Balaban J connectivity index is 1.65. The first-order chi connectivity index (χ1) is 12.1. The van der Waals surface area contributed by atoms with E-state index in [0.717, 1.165) is 31.2 Å². The fourth-order valence-corrected chi connectivity index (χ4v) is 3.16. The maximum absolute atomic E-state index is 12.9. The molecule has 5 nitrogen and oxygen atoms in total. The molecule has 2 rings (SSSR count). The lowest BCUT2D eigenvalue weighted by Gasteiger charge is -2.27. The highest BCUT2D eigenvalue weighted by Gasteiger charge is 2.29. The smallest absolute Gasteiger partial charge is 0.223 e. The van der Waals surface area contributed by atoms with Crippen LogP contribution in [0, 0.1) is 17.7 Å². The van der Waals surface area contributed by atoms with E-state index in [9.17, 15) is 14.0 Å². The molecule has 0 aliphatic heterocycles. The van der Waals surface area contributed by atoms with Gasteiger partial charge in [-0.1, -0.05) is 12.1 Å². The molecule has 1 aliphatic rings. The number of amides is 2. The third-order valence-electron chi connectivity index (χ3n) is 4.70. The minimum absolute atomic E-state index is 0.000112. The van der Waals surface area contributed by atoms with Crippen LogP contribution in [0.2, 0.25) is 0 Å². The summed E-state index contributed by atoms with van der Waals surface area (Å²) in [6, 6.07) is 6.32. The predicted octanol–water partition coefficient (Wildman–Crippen LogP) is 2.05. The van der Waals surface area contributed by atoms with Crippen LogP contribution in [0.25, 0.3) is 0 Å². The second-order valence-electron chi connectivity index (χ2n) is 6.50. The Labute approximate surface area is 148 Å².